The minimum atomic E-state index is 0.700. The number of hydrogen-bond donors (Lipinski definition) is 1. The van der Waals surface area contributed by atoms with Crippen molar-refractivity contribution in [2.24, 2.45) is 5.73 Å². The monoisotopic (exact) mass is 249 g/mol. The highest BCUT2D eigenvalue weighted by Gasteiger charge is 2.10. The molecule has 0 radical (unpaired) electrons. The largest absolute Gasteiger partial charge is 0.493 e. The van der Waals surface area contributed by atoms with Crippen LogP contribution in [0, 0.1) is 0 Å². The highest BCUT2D eigenvalue weighted by atomic mass is 16.5. The Bertz CT molecular complexity index is 366. The highest BCUT2D eigenvalue weighted by molar-refractivity contribution is 5.38. The molecule has 0 aliphatic heterocycles. The second-order valence-corrected chi connectivity index (χ2v) is 4.74. The number of fused-ring (bicyclic) bond motifs is 1. The van der Waals surface area contributed by atoms with Gasteiger partial charge in [-0.1, -0.05) is 6.07 Å². The van der Waals surface area contributed by atoms with Crippen LogP contribution in [0.5, 0.6) is 5.75 Å². The molecule has 0 unspecified atom stereocenters. The molecule has 2 rings (SSSR count). The number of aryl methyl sites for hydroxylation is 2. The van der Waals surface area contributed by atoms with Gasteiger partial charge in [0.2, 0.25) is 0 Å². The first-order chi connectivity index (χ1) is 8.90. The minimum absolute atomic E-state index is 0.700. The first-order valence-electron chi connectivity index (χ1n) is 6.92. The molecule has 1 aliphatic carbocycles. The molecule has 0 amide bonds. The maximum absolute atomic E-state index is 5.73. The molecule has 3 nitrogen and oxygen atoms in total. The lowest BCUT2D eigenvalue weighted by Crippen LogP contribution is -2.07. The van der Waals surface area contributed by atoms with Crippen molar-refractivity contribution in [3.05, 3.63) is 29.3 Å². The fourth-order valence-corrected chi connectivity index (χ4v) is 2.28. The number of nitrogens with two attached hydrogens (primary N) is 1. The van der Waals surface area contributed by atoms with Gasteiger partial charge in [0.15, 0.2) is 0 Å². The third-order valence-corrected chi connectivity index (χ3v) is 3.26. The van der Waals surface area contributed by atoms with Crippen LogP contribution < -0.4 is 10.5 Å². The second-order valence-electron chi connectivity index (χ2n) is 4.74. The Hall–Kier alpha value is -1.06. The van der Waals surface area contributed by atoms with Crippen LogP contribution in [0.3, 0.4) is 0 Å². The summed E-state index contributed by atoms with van der Waals surface area (Å²) in [7, 11) is 0. The van der Waals surface area contributed by atoms with E-state index in [0.29, 0.717) is 6.54 Å². The molecule has 0 fully saturated rings. The number of ether oxygens (including phenoxy) is 2. The summed E-state index contributed by atoms with van der Waals surface area (Å²) in [6, 6.07) is 6.48. The van der Waals surface area contributed by atoms with E-state index in [9.17, 15) is 0 Å². The van der Waals surface area contributed by atoms with Gasteiger partial charge in [0.25, 0.3) is 0 Å². The SMILES string of the molecule is NCCCOCCCOc1ccc2c(c1)CCC2. The summed E-state index contributed by atoms with van der Waals surface area (Å²) in [5, 5.41) is 0. The smallest absolute Gasteiger partial charge is 0.119 e. The molecule has 3 heteroatoms. The van der Waals surface area contributed by atoms with Gasteiger partial charge in [0.05, 0.1) is 6.61 Å². The van der Waals surface area contributed by atoms with Crippen LogP contribution in [0.15, 0.2) is 18.2 Å². The molecule has 0 atom stereocenters. The van der Waals surface area contributed by atoms with Crippen molar-refractivity contribution in [2.45, 2.75) is 32.1 Å². The molecule has 0 heterocycles. The van der Waals surface area contributed by atoms with E-state index in [1.807, 2.05) is 0 Å². The molecule has 0 bridgehead atoms. The van der Waals surface area contributed by atoms with E-state index in [-0.39, 0.29) is 0 Å². The van der Waals surface area contributed by atoms with Gasteiger partial charge >= 0.3 is 0 Å². The summed E-state index contributed by atoms with van der Waals surface area (Å²) in [6.45, 7) is 2.94. The van der Waals surface area contributed by atoms with Gasteiger partial charge in [-0.3, -0.25) is 0 Å². The standard InChI is InChI=1S/C15H23NO2/c16-8-2-9-17-10-3-11-18-15-7-6-13-4-1-5-14(13)12-15/h6-7,12H,1-5,8-11,16H2. The minimum Gasteiger partial charge on any atom is -0.493 e. The molecule has 100 valence electrons. The van der Waals surface area contributed by atoms with Crippen LogP contribution in [-0.4, -0.2) is 26.4 Å². The lowest BCUT2D eigenvalue weighted by atomic mass is 10.1. The van der Waals surface area contributed by atoms with Crippen LogP contribution in [0.4, 0.5) is 0 Å². The Kier molecular flexibility index (Phi) is 5.49. The van der Waals surface area contributed by atoms with E-state index in [2.05, 4.69) is 18.2 Å². The van der Waals surface area contributed by atoms with Crippen LogP contribution in [0.25, 0.3) is 0 Å². The number of hydrogen-bond acceptors (Lipinski definition) is 3. The van der Waals surface area contributed by atoms with Crippen molar-refractivity contribution in [2.75, 3.05) is 26.4 Å². The molecule has 0 saturated carbocycles. The molecular weight excluding hydrogens is 226 g/mol. The summed E-state index contributed by atoms with van der Waals surface area (Å²) in [4.78, 5) is 0. The van der Waals surface area contributed by atoms with Gasteiger partial charge in [0, 0.05) is 19.6 Å². The van der Waals surface area contributed by atoms with Crippen LogP contribution >= 0.6 is 0 Å². The topological polar surface area (TPSA) is 44.5 Å². The average Bonchev–Trinajstić information content (AvgIpc) is 2.85. The maximum atomic E-state index is 5.73. The van der Waals surface area contributed by atoms with E-state index in [1.54, 1.807) is 0 Å². The highest BCUT2D eigenvalue weighted by Crippen LogP contribution is 2.25. The predicted octanol–water partition coefficient (Wildman–Crippen LogP) is 2.31. The van der Waals surface area contributed by atoms with Gasteiger partial charge in [-0.2, -0.15) is 0 Å². The van der Waals surface area contributed by atoms with Gasteiger partial charge in [-0.05, 0) is 55.5 Å². The molecule has 18 heavy (non-hydrogen) atoms. The van der Waals surface area contributed by atoms with Gasteiger partial charge < -0.3 is 15.2 Å². The summed E-state index contributed by atoms with van der Waals surface area (Å²) in [5.41, 5.74) is 8.34. The quantitative estimate of drug-likeness (QED) is 0.719. The summed E-state index contributed by atoms with van der Waals surface area (Å²) >= 11 is 0. The van der Waals surface area contributed by atoms with Gasteiger partial charge in [-0.25, -0.2) is 0 Å². The average molecular weight is 249 g/mol. The van der Waals surface area contributed by atoms with E-state index in [0.717, 1.165) is 38.4 Å². The number of benzene rings is 1. The van der Waals surface area contributed by atoms with E-state index in [1.165, 1.54) is 30.4 Å². The Morgan fingerprint density at radius 1 is 1.00 bits per heavy atom. The lowest BCUT2D eigenvalue weighted by molar-refractivity contribution is 0.118. The Morgan fingerprint density at radius 2 is 1.83 bits per heavy atom. The summed E-state index contributed by atoms with van der Waals surface area (Å²) in [5.74, 6) is 0.998. The molecule has 2 N–H and O–H groups in total. The third-order valence-electron chi connectivity index (χ3n) is 3.26. The molecule has 0 spiro atoms. The number of rotatable bonds is 8. The second kappa shape index (κ2) is 7.39. The Balaban J connectivity index is 1.62. The zero-order chi connectivity index (χ0) is 12.6. The Labute approximate surface area is 109 Å². The van der Waals surface area contributed by atoms with Crippen molar-refractivity contribution < 1.29 is 9.47 Å². The van der Waals surface area contributed by atoms with Crippen molar-refractivity contribution >= 4 is 0 Å². The zero-order valence-electron chi connectivity index (χ0n) is 11.0. The molecule has 1 aromatic carbocycles. The van der Waals surface area contributed by atoms with E-state index >= 15 is 0 Å². The van der Waals surface area contributed by atoms with Crippen molar-refractivity contribution in [3.63, 3.8) is 0 Å². The Morgan fingerprint density at radius 3 is 2.72 bits per heavy atom. The van der Waals surface area contributed by atoms with Crippen molar-refractivity contribution in [1.29, 1.82) is 0 Å². The van der Waals surface area contributed by atoms with E-state index in [4.69, 9.17) is 15.2 Å². The molecule has 1 aliphatic rings. The predicted molar refractivity (Wildman–Crippen MR) is 73.1 cm³/mol. The molecule has 1 aromatic rings. The zero-order valence-corrected chi connectivity index (χ0v) is 11.0. The molecule has 0 aromatic heterocycles. The van der Waals surface area contributed by atoms with Crippen LogP contribution in [-0.2, 0) is 17.6 Å². The van der Waals surface area contributed by atoms with Gasteiger partial charge in [-0.15, -0.1) is 0 Å². The fraction of sp³-hybridized carbons (Fsp3) is 0.600. The summed E-state index contributed by atoms with van der Waals surface area (Å²) < 4.78 is 11.2. The van der Waals surface area contributed by atoms with Crippen LogP contribution in [0.2, 0.25) is 0 Å². The van der Waals surface area contributed by atoms with E-state index < -0.39 is 0 Å². The van der Waals surface area contributed by atoms with Gasteiger partial charge in [0.1, 0.15) is 5.75 Å². The van der Waals surface area contributed by atoms with Crippen molar-refractivity contribution in [1.82, 2.24) is 0 Å². The maximum Gasteiger partial charge on any atom is 0.119 e. The van der Waals surface area contributed by atoms with Crippen molar-refractivity contribution in [3.8, 4) is 5.75 Å². The first-order valence-corrected chi connectivity index (χ1v) is 6.92. The third kappa shape index (κ3) is 4.00. The molecular formula is C15H23NO2. The van der Waals surface area contributed by atoms with Crippen LogP contribution in [0.1, 0.15) is 30.4 Å². The molecule has 0 saturated heterocycles. The summed E-state index contributed by atoms with van der Waals surface area (Å²) in [6.07, 6.45) is 5.58. The lowest BCUT2D eigenvalue weighted by Gasteiger charge is -2.08. The first kappa shape index (κ1) is 13.4. The normalized spacial score (nSPS) is 13.6. The fourth-order valence-electron chi connectivity index (χ4n) is 2.28.